The maximum absolute atomic E-state index is 13.3. The molecule has 29 heavy (non-hydrogen) atoms. The van der Waals surface area contributed by atoms with E-state index in [0.29, 0.717) is 0 Å². The summed E-state index contributed by atoms with van der Waals surface area (Å²) in [6.07, 6.45) is -8.98. The van der Waals surface area contributed by atoms with E-state index in [0.717, 1.165) is 6.07 Å². The zero-order valence-corrected chi connectivity index (χ0v) is 16.3. The Kier molecular flexibility index (Phi) is 4.71. The second kappa shape index (κ2) is 6.64. The number of amides is 1. The minimum Gasteiger partial charge on any atom is -0.342 e. The van der Waals surface area contributed by atoms with Crippen LogP contribution in [0.3, 0.4) is 0 Å². The van der Waals surface area contributed by atoms with Crippen molar-refractivity contribution in [2.75, 3.05) is 5.32 Å². The van der Waals surface area contributed by atoms with Crippen molar-refractivity contribution in [2.24, 2.45) is 0 Å². The largest absolute Gasteiger partial charge is 0.418 e. The van der Waals surface area contributed by atoms with Gasteiger partial charge in [0.05, 0.1) is 11.3 Å². The summed E-state index contributed by atoms with van der Waals surface area (Å²) in [6, 6.07) is 4.72. The fraction of sp³-hybridized carbons (Fsp3) is 0.632. The molecule has 0 radical (unpaired) electrons. The van der Waals surface area contributed by atoms with Gasteiger partial charge in [-0.3, -0.25) is 4.79 Å². The summed E-state index contributed by atoms with van der Waals surface area (Å²) in [7, 11) is 0. The van der Waals surface area contributed by atoms with Crippen molar-refractivity contribution in [3.63, 3.8) is 0 Å². The molecule has 5 atom stereocenters. The van der Waals surface area contributed by atoms with Crippen molar-refractivity contribution in [1.29, 1.82) is 0 Å². The summed E-state index contributed by atoms with van der Waals surface area (Å²) in [5.41, 5.74) is -1.32. The van der Waals surface area contributed by atoms with E-state index in [4.69, 9.17) is 23.7 Å². The van der Waals surface area contributed by atoms with E-state index in [1.165, 1.54) is 18.2 Å². The summed E-state index contributed by atoms with van der Waals surface area (Å²) >= 11 is 0. The van der Waals surface area contributed by atoms with Crippen LogP contribution in [-0.2, 0) is 34.7 Å². The first-order chi connectivity index (χ1) is 13.4. The predicted octanol–water partition coefficient (Wildman–Crippen LogP) is 3.04. The van der Waals surface area contributed by atoms with Gasteiger partial charge in [0, 0.05) is 0 Å². The number of alkyl halides is 3. The van der Waals surface area contributed by atoms with Gasteiger partial charge in [-0.1, -0.05) is 12.1 Å². The minimum atomic E-state index is -4.62. The maximum atomic E-state index is 13.3. The van der Waals surface area contributed by atoms with Crippen LogP contribution in [0.2, 0.25) is 0 Å². The van der Waals surface area contributed by atoms with Gasteiger partial charge in [-0.25, -0.2) is 0 Å². The fourth-order valence-electron chi connectivity index (χ4n) is 3.87. The number of anilines is 1. The molecule has 4 rings (SSSR count). The Bertz CT molecular complexity index is 811. The second-order valence-corrected chi connectivity index (χ2v) is 8.12. The smallest absolute Gasteiger partial charge is 0.342 e. The van der Waals surface area contributed by atoms with Crippen LogP contribution in [0, 0.1) is 0 Å². The lowest BCUT2D eigenvalue weighted by Gasteiger charge is -2.36. The molecule has 0 unspecified atom stereocenters. The average Bonchev–Trinajstić information content (AvgIpc) is 3.07. The number of fused-ring (bicyclic) bond motifs is 3. The maximum Gasteiger partial charge on any atom is 0.418 e. The number of carbonyl (C=O) groups is 1. The van der Waals surface area contributed by atoms with Crippen LogP contribution in [-0.4, -0.2) is 48.2 Å². The first-order valence-corrected chi connectivity index (χ1v) is 9.20. The normalized spacial score (nSPS) is 35.1. The standard InChI is InChI=1S/C19H22F3NO6/c1-17(2)26-11-12(27-17)14-16(29-18(3,4)28-14)25-13(11)15(24)23-10-8-6-5-7-9(10)19(20,21)22/h5-8,11-14,16H,1-4H3,(H,23,24)/t11-,12-,13-,14-,16+/m1/s1. The van der Waals surface area contributed by atoms with E-state index >= 15 is 0 Å². The molecule has 3 heterocycles. The van der Waals surface area contributed by atoms with Crippen molar-refractivity contribution in [3.8, 4) is 0 Å². The Labute approximate surface area is 165 Å². The number of halogens is 3. The Morgan fingerprint density at radius 1 is 0.931 bits per heavy atom. The highest BCUT2D eigenvalue weighted by atomic mass is 19.4. The van der Waals surface area contributed by atoms with Crippen LogP contribution in [0.5, 0.6) is 0 Å². The molecule has 1 aromatic rings. The third-order valence-electron chi connectivity index (χ3n) is 4.90. The fourth-order valence-corrected chi connectivity index (χ4v) is 3.87. The number of para-hydroxylation sites is 1. The molecular weight excluding hydrogens is 395 g/mol. The third kappa shape index (κ3) is 3.87. The molecule has 3 aliphatic heterocycles. The monoisotopic (exact) mass is 417 g/mol. The van der Waals surface area contributed by atoms with Crippen molar-refractivity contribution in [3.05, 3.63) is 29.8 Å². The van der Waals surface area contributed by atoms with Crippen LogP contribution in [0.15, 0.2) is 24.3 Å². The van der Waals surface area contributed by atoms with Gasteiger partial charge in [0.1, 0.15) is 18.3 Å². The lowest BCUT2D eigenvalue weighted by molar-refractivity contribution is -0.229. The molecule has 3 aliphatic rings. The molecule has 0 aromatic heterocycles. The van der Waals surface area contributed by atoms with Crippen molar-refractivity contribution < 1.29 is 41.7 Å². The number of nitrogens with one attached hydrogen (secondary N) is 1. The molecule has 1 N–H and O–H groups in total. The van der Waals surface area contributed by atoms with E-state index in [1.54, 1.807) is 27.7 Å². The van der Waals surface area contributed by atoms with Crippen LogP contribution >= 0.6 is 0 Å². The molecule has 1 amide bonds. The number of rotatable bonds is 2. The SMILES string of the molecule is CC1(C)O[C@@H]2[C@@H](O1)[C@H](C(=O)Nc1ccccc1C(F)(F)F)O[C@H]1OC(C)(C)O[C@@H]12. The molecule has 0 saturated carbocycles. The summed E-state index contributed by atoms with van der Waals surface area (Å²) in [5, 5.41) is 2.31. The second-order valence-electron chi connectivity index (χ2n) is 8.12. The molecule has 0 aliphatic carbocycles. The van der Waals surface area contributed by atoms with Crippen LogP contribution in [0.1, 0.15) is 33.3 Å². The summed E-state index contributed by atoms with van der Waals surface area (Å²) < 4.78 is 68.8. The van der Waals surface area contributed by atoms with Gasteiger partial charge in [-0.15, -0.1) is 0 Å². The molecule has 1 aromatic carbocycles. The van der Waals surface area contributed by atoms with E-state index in [-0.39, 0.29) is 5.69 Å². The molecule has 0 bridgehead atoms. The molecule has 0 spiro atoms. The quantitative estimate of drug-likeness (QED) is 0.797. The van der Waals surface area contributed by atoms with Crippen LogP contribution in [0.4, 0.5) is 18.9 Å². The summed E-state index contributed by atoms with van der Waals surface area (Å²) in [4.78, 5) is 12.9. The Morgan fingerprint density at radius 2 is 1.52 bits per heavy atom. The van der Waals surface area contributed by atoms with Gasteiger partial charge in [0.2, 0.25) is 0 Å². The minimum absolute atomic E-state index is 0.366. The molecule has 160 valence electrons. The Balaban J connectivity index is 1.60. The lowest BCUT2D eigenvalue weighted by atomic mass is 9.98. The zero-order valence-electron chi connectivity index (χ0n) is 16.3. The number of ether oxygens (including phenoxy) is 5. The average molecular weight is 417 g/mol. The van der Waals surface area contributed by atoms with Crippen molar-refractivity contribution >= 4 is 11.6 Å². The highest BCUT2D eigenvalue weighted by Gasteiger charge is 2.62. The highest BCUT2D eigenvalue weighted by molar-refractivity contribution is 5.95. The summed E-state index contributed by atoms with van der Waals surface area (Å²) in [6.45, 7) is 6.74. The zero-order chi connectivity index (χ0) is 21.2. The number of carbonyl (C=O) groups excluding carboxylic acids is 1. The van der Waals surface area contributed by atoms with E-state index in [2.05, 4.69) is 5.32 Å². The molecule has 10 heteroatoms. The van der Waals surface area contributed by atoms with Crippen molar-refractivity contribution in [2.45, 2.75) is 76.2 Å². The Morgan fingerprint density at radius 3 is 2.21 bits per heavy atom. The molecular formula is C19H22F3NO6. The van der Waals surface area contributed by atoms with E-state index in [1.807, 2.05) is 0 Å². The summed E-state index contributed by atoms with van der Waals surface area (Å²) in [5.74, 6) is -2.78. The van der Waals surface area contributed by atoms with E-state index < -0.39 is 59.9 Å². The topological polar surface area (TPSA) is 75.3 Å². The molecule has 3 saturated heterocycles. The van der Waals surface area contributed by atoms with Crippen molar-refractivity contribution in [1.82, 2.24) is 0 Å². The first kappa shape index (κ1) is 20.5. The van der Waals surface area contributed by atoms with Gasteiger partial charge in [0.15, 0.2) is 24.0 Å². The number of hydrogen-bond donors (Lipinski definition) is 1. The van der Waals surface area contributed by atoms with Gasteiger partial charge < -0.3 is 29.0 Å². The molecule has 3 fully saturated rings. The van der Waals surface area contributed by atoms with E-state index in [9.17, 15) is 18.0 Å². The number of hydrogen-bond acceptors (Lipinski definition) is 6. The van der Waals surface area contributed by atoms with Gasteiger partial charge in [-0.05, 0) is 39.8 Å². The lowest BCUT2D eigenvalue weighted by Crippen LogP contribution is -2.58. The number of benzene rings is 1. The van der Waals surface area contributed by atoms with Crippen LogP contribution < -0.4 is 5.32 Å². The third-order valence-corrected chi connectivity index (χ3v) is 4.90. The molecule has 7 nitrogen and oxygen atoms in total. The predicted molar refractivity (Wildman–Crippen MR) is 92.6 cm³/mol. The van der Waals surface area contributed by atoms with Crippen LogP contribution in [0.25, 0.3) is 0 Å². The van der Waals surface area contributed by atoms with Gasteiger partial charge >= 0.3 is 6.18 Å². The van der Waals surface area contributed by atoms with Gasteiger partial charge in [0.25, 0.3) is 5.91 Å². The first-order valence-electron chi connectivity index (χ1n) is 9.20. The Hall–Kier alpha value is -1.72. The highest BCUT2D eigenvalue weighted by Crippen LogP contribution is 2.44. The van der Waals surface area contributed by atoms with Gasteiger partial charge in [-0.2, -0.15) is 13.2 Å².